The first-order chi connectivity index (χ1) is 13.1. The fraction of sp³-hybridized carbons (Fsp3) is 0.500. The molecule has 0 amide bonds. The fourth-order valence-corrected chi connectivity index (χ4v) is 3.84. The van der Waals surface area contributed by atoms with E-state index in [2.05, 4.69) is 50.0 Å². The van der Waals surface area contributed by atoms with E-state index in [1.807, 2.05) is 20.8 Å². The molecule has 1 atom stereocenters. The maximum Gasteiger partial charge on any atom is 0.355 e. The summed E-state index contributed by atoms with van der Waals surface area (Å²) in [7, 11) is 0. The fourth-order valence-electron chi connectivity index (χ4n) is 3.84. The summed E-state index contributed by atoms with van der Waals surface area (Å²) in [5, 5.41) is 0. The van der Waals surface area contributed by atoms with Gasteiger partial charge in [0.2, 0.25) is 0 Å². The zero-order valence-electron chi connectivity index (χ0n) is 17.8. The molecular weight excluding hydrogens is 350 g/mol. The van der Waals surface area contributed by atoms with E-state index < -0.39 is 0 Å². The minimum absolute atomic E-state index is 0.0998. The molecule has 1 aromatic heterocycles. The molecule has 1 N–H and O–H groups in total. The van der Waals surface area contributed by atoms with Gasteiger partial charge in [-0.25, -0.2) is 4.79 Å². The number of nitrogens with one attached hydrogen (secondary N) is 1. The molecule has 1 aromatic carbocycles. The predicted octanol–water partition coefficient (Wildman–Crippen LogP) is 5.35. The van der Waals surface area contributed by atoms with Crippen LogP contribution in [0.25, 0.3) is 0 Å². The van der Waals surface area contributed by atoms with Crippen LogP contribution in [0.1, 0.15) is 90.2 Å². The highest BCUT2D eigenvalue weighted by Gasteiger charge is 2.32. The number of benzene rings is 1. The van der Waals surface area contributed by atoms with Gasteiger partial charge in [-0.2, -0.15) is 0 Å². The summed E-state index contributed by atoms with van der Waals surface area (Å²) in [5.74, 6) is 0.129. The van der Waals surface area contributed by atoms with Gasteiger partial charge < -0.3 is 9.72 Å². The van der Waals surface area contributed by atoms with Crippen LogP contribution in [0, 0.1) is 12.8 Å². The molecule has 4 heteroatoms. The molecule has 0 unspecified atom stereocenters. The van der Waals surface area contributed by atoms with E-state index in [-0.39, 0.29) is 29.0 Å². The highest BCUT2D eigenvalue weighted by molar-refractivity contribution is 6.03. The smallest absolute Gasteiger partial charge is 0.355 e. The van der Waals surface area contributed by atoms with E-state index in [1.54, 1.807) is 0 Å². The van der Waals surface area contributed by atoms with Gasteiger partial charge in [0.25, 0.3) is 0 Å². The van der Waals surface area contributed by atoms with Crippen LogP contribution < -0.4 is 0 Å². The van der Waals surface area contributed by atoms with Crippen molar-refractivity contribution < 1.29 is 14.3 Å². The number of H-pyrrole nitrogens is 1. The Hall–Kier alpha value is -2.36. The molecule has 28 heavy (non-hydrogen) atoms. The summed E-state index contributed by atoms with van der Waals surface area (Å²) in [6.07, 6.45) is 1.20. The topological polar surface area (TPSA) is 59.2 Å². The Morgan fingerprint density at radius 2 is 1.82 bits per heavy atom. The molecular formula is C24H31NO3. The minimum Gasteiger partial charge on any atom is -0.461 e. The second kappa shape index (κ2) is 7.57. The Morgan fingerprint density at radius 3 is 2.39 bits per heavy atom. The first-order valence-electron chi connectivity index (χ1n) is 10.1. The number of aromatic nitrogens is 1. The van der Waals surface area contributed by atoms with E-state index in [1.165, 1.54) is 11.1 Å². The van der Waals surface area contributed by atoms with Gasteiger partial charge >= 0.3 is 5.97 Å². The van der Waals surface area contributed by atoms with E-state index in [0.717, 1.165) is 17.7 Å². The van der Waals surface area contributed by atoms with E-state index in [9.17, 15) is 9.59 Å². The zero-order chi connectivity index (χ0) is 20.6. The number of fused-ring (bicyclic) bond motifs is 1. The van der Waals surface area contributed by atoms with Crippen molar-refractivity contribution in [3.05, 3.63) is 57.9 Å². The largest absolute Gasteiger partial charge is 0.461 e. The van der Waals surface area contributed by atoms with Crippen molar-refractivity contribution in [2.24, 2.45) is 5.92 Å². The average Bonchev–Trinajstić information content (AvgIpc) is 2.96. The lowest BCUT2D eigenvalue weighted by Gasteiger charge is -2.24. The Morgan fingerprint density at radius 1 is 1.18 bits per heavy atom. The molecule has 0 fully saturated rings. The summed E-state index contributed by atoms with van der Waals surface area (Å²) < 4.78 is 5.36. The predicted molar refractivity (Wildman–Crippen MR) is 111 cm³/mol. The summed E-state index contributed by atoms with van der Waals surface area (Å²) >= 11 is 0. The van der Waals surface area contributed by atoms with Gasteiger partial charge in [-0.1, -0.05) is 58.9 Å². The van der Waals surface area contributed by atoms with Crippen LogP contribution in [-0.2, 0) is 16.6 Å². The highest BCUT2D eigenvalue weighted by atomic mass is 16.5. The van der Waals surface area contributed by atoms with Crippen LogP contribution in [0.4, 0.5) is 0 Å². The average molecular weight is 382 g/mol. The molecule has 0 radical (unpaired) electrons. The monoisotopic (exact) mass is 381 g/mol. The molecule has 0 bridgehead atoms. The molecule has 0 saturated carbocycles. The summed E-state index contributed by atoms with van der Waals surface area (Å²) in [6, 6.07) is 8.59. The third-order valence-corrected chi connectivity index (χ3v) is 5.49. The van der Waals surface area contributed by atoms with Crippen LogP contribution >= 0.6 is 0 Å². The van der Waals surface area contributed by atoms with E-state index in [0.29, 0.717) is 24.3 Å². The van der Waals surface area contributed by atoms with Gasteiger partial charge in [-0.15, -0.1) is 0 Å². The van der Waals surface area contributed by atoms with Crippen LogP contribution in [0.3, 0.4) is 0 Å². The lowest BCUT2D eigenvalue weighted by Crippen LogP contribution is -2.19. The molecule has 4 nitrogen and oxygen atoms in total. The molecule has 0 aliphatic heterocycles. The van der Waals surface area contributed by atoms with Crippen LogP contribution in [0.15, 0.2) is 24.3 Å². The Balaban J connectivity index is 1.84. The third-order valence-electron chi connectivity index (χ3n) is 5.49. The van der Waals surface area contributed by atoms with Gasteiger partial charge in [0.15, 0.2) is 5.78 Å². The molecule has 0 spiro atoms. The van der Waals surface area contributed by atoms with Gasteiger partial charge in [0.05, 0.1) is 6.61 Å². The van der Waals surface area contributed by atoms with Gasteiger partial charge in [-0.05, 0) is 47.3 Å². The highest BCUT2D eigenvalue weighted by Crippen LogP contribution is 2.36. The van der Waals surface area contributed by atoms with Crippen LogP contribution in [-0.4, -0.2) is 23.3 Å². The van der Waals surface area contributed by atoms with Crippen molar-refractivity contribution in [3.63, 3.8) is 0 Å². The van der Waals surface area contributed by atoms with Crippen molar-refractivity contribution >= 4 is 11.8 Å². The molecule has 1 heterocycles. The van der Waals surface area contributed by atoms with Crippen LogP contribution in [0.5, 0.6) is 0 Å². The summed E-state index contributed by atoms with van der Waals surface area (Å²) in [4.78, 5) is 28.5. The molecule has 0 saturated heterocycles. The number of esters is 1. The molecule has 2 aromatic rings. The Bertz CT molecular complexity index is 882. The molecule has 3 rings (SSSR count). The zero-order valence-corrected chi connectivity index (χ0v) is 17.8. The number of hydrogen-bond acceptors (Lipinski definition) is 3. The third kappa shape index (κ3) is 4.06. The second-order valence-electron chi connectivity index (χ2n) is 9.37. The number of hydrogen-bond donors (Lipinski definition) is 1. The first-order valence-corrected chi connectivity index (χ1v) is 10.1. The number of ketones is 1. The lowest BCUT2D eigenvalue weighted by atomic mass is 9.80. The molecule has 1 aliphatic carbocycles. The first kappa shape index (κ1) is 20.4. The maximum absolute atomic E-state index is 12.8. The van der Waals surface area contributed by atoms with E-state index >= 15 is 0 Å². The Labute approximate surface area is 167 Å². The van der Waals surface area contributed by atoms with Gasteiger partial charge in [0.1, 0.15) is 5.69 Å². The maximum atomic E-state index is 12.8. The number of rotatable bonds is 4. The van der Waals surface area contributed by atoms with Crippen LogP contribution in [0.2, 0.25) is 0 Å². The number of ether oxygens (including phenoxy) is 1. The lowest BCUT2D eigenvalue weighted by molar-refractivity contribution is 0.0451. The Kier molecular flexibility index (Phi) is 5.51. The molecule has 150 valence electrons. The van der Waals surface area contributed by atoms with Gasteiger partial charge in [-0.3, -0.25) is 4.79 Å². The number of carbonyl (C=O) groups is 2. The SMILES string of the molecule is Cc1c(C(=O)OCC(C)C)[nH]c2c1C(=O)C[C@@H](c1ccc(C(C)(C)C)cc1)C2. The van der Waals surface area contributed by atoms with Crippen molar-refractivity contribution in [2.45, 2.75) is 65.7 Å². The molecule has 1 aliphatic rings. The quantitative estimate of drug-likeness (QED) is 0.727. The number of carbonyl (C=O) groups excluding carboxylic acids is 2. The summed E-state index contributed by atoms with van der Waals surface area (Å²) in [5.41, 5.74) is 5.23. The number of Topliss-reactive ketones (excluding diaryl/α,β-unsaturated/α-hetero) is 1. The van der Waals surface area contributed by atoms with Crippen molar-refractivity contribution in [3.8, 4) is 0 Å². The standard InChI is InChI=1S/C24H31NO3/c1-14(2)13-28-23(27)22-15(3)21-19(25-22)11-17(12-20(21)26)16-7-9-18(10-8-16)24(4,5)6/h7-10,14,17,25H,11-13H2,1-6H3/t17-/m0/s1. The van der Waals surface area contributed by atoms with Gasteiger partial charge in [0, 0.05) is 17.7 Å². The van der Waals surface area contributed by atoms with Crippen molar-refractivity contribution in [2.75, 3.05) is 6.61 Å². The summed E-state index contributed by atoms with van der Waals surface area (Å²) in [6.45, 7) is 12.8. The normalized spacial score (nSPS) is 17.0. The van der Waals surface area contributed by atoms with Crippen molar-refractivity contribution in [1.82, 2.24) is 4.98 Å². The van der Waals surface area contributed by atoms with Crippen molar-refractivity contribution in [1.29, 1.82) is 0 Å². The second-order valence-corrected chi connectivity index (χ2v) is 9.37. The minimum atomic E-state index is -0.375. The van der Waals surface area contributed by atoms with E-state index in [4.69, 9.17) is 4.74 Å². The number of aromatic amines is 1.